The molecule has 13 heavy (non-hydrogen) atoms. The minimum atomic E-state index is -0.617. The predicted molar refractivity (Wildman–Crippen MR) is 47.9 cm³/mol. The van der Waals surface area contributed by atoms with Gasteiger partial charge in [0.15, 0.2) is 0 Å². The van der Waals surface area contributed by atoms with Crippen LogP contribution in [0, 0.1) is 0 Å². The van der Waals surface area contributed by atoms with Gasteiger partial charge in [0, 0.05) is 6.92 Å². The molecule has 0 fully saturated rings. The second-order valence-corrected chi connectivity index (χ2v) is 2.75. The number of carbonyl (C=O) groups excluding carboxylic acids is 2. The van der Waals surface area contributed by atoms with Crippen molar-refractivity contribution in [3.8, 4) is 0 Å². The van der Waals surface area contributed by atoms with E-state index in [0.717, 1.165) is 0 Å². The Hall–Kier alpha value is -1.10. The third kappa shape index (κ3) is 4.47. The molecule has 0 saturated carbocycles. The Bertz CT molecular complexity index is 194. The molecule has 0 spiro atoms. The maximum absolute atomic E-state index is 10.9. The van der Waals surface area contributed by atoms with E-state index in [1.54, 1.807) is 6.92 Å². The van der Waals surface area contributed by atoms with Crippen molar-refractivity contribution in [2.45, 2.75) is 32.9 Å². The van der Waals surface area contributed by atoms with Crippen molar-refractivity contribution in [2.75, 3.05) is 6.54 Å². The first-order chi connectivity index (χ1) is 5.99. The molecule has 0 aliphatic carbocycles. The van der Waals surface area contributed by atoms with Gasteiger partial charge in [-0.3, -0.25) is 9.59 Å². The summed E-state index contributed by atoms with van der Waals surface area (Å²) in [6, 6.07) is -0.617. The van der Waals surface area contributed by atoms with E-state index in [0.29, 0.717) is 6.54 Å². The summed E-state index contributed by atoms with van der Waals surface area (Å²) in [6.45, 7) is 5.36. The van der Waals surface area contributed by atoms with Crippen LogP contribution in [0.15, 0.2) is 0 Å². The number of amides is 1. The number of esters is 1. The normalized spacial score (nSPS) is 14.7. The SMILES string of the molecule is CCN[C@H](C(N)=O)[C@@H](C)OC(C)=O. The molecule has 76 valence electrons. The molecule has 0 aliphatic rings. The zero-order valence-electron chi connectivity index (χ0n) is 8.16. The van der Waals surface area contributed by atoms with Gasteiger partial charge in [-0.2, -0.15) is 0 Å². The van der Waals surface area contributed by atoms with Crippen molar-refractivity contribution in [3.05, 3.63) is 0 Å². The summed E-state index contributed by atoms with van der Waals surface area (Å²) in [6.07, 6.45) is -0.532. The number of ether oxygens (including phenoxy) is 1. The molecule has 0 aromatic rings. The highest BCUT2D eigenvalue weighted by Gasteiger charge is 2.23. The van der Waals surface area contributed by atoms with Gasteiger partial charge < -0.3 is 15.8 Å². The molecule has 5 nitrogen and oxygen atoms in total. The Balaban J connectivity index is 4.18. The van der Waals surface area contributed by atoms with Gasteiger partial charge in [-0.1, -0.05) is 6.92 Å². The van der Waals surface area contributed by atoms with Crippen molar-refractivity contribution in [1.82, 2.24) is 5.32 Å². The number of rotatable bonds is 5. The van der Waals surface area contributed by atoms with Gasteiger partial charge in [-0.05, 0) is 13.5 Å². The van der Waals surface area contributed by atoms with Crippen LogP contribution in [-0.4, -0.2) is 30.6 Å². The number of nitrogens with two attached hydrogens (primary N) is 1. The summed E-state index contributed by atoms with van der Waals surface area (Å²) in [4.78, 5) is 21.5. The fourth-order valence-corrected chi connectivity index (χ4v) is 1.05. The number of hydrogen-bond acceptors (Lipinski definition) is 4. The molecule has 0 unspecified atom stereocenters. The highest BCUT2D eigenvalue weighted by Crippen LogP contribution is 1.98. The minimum absolute atomic E-state index is 0.420. The molecule has 5 heteroatoms. The lowest BCUT2D eigenvalue weighted by molar-refractivity contribution is -0.148. The van der Waals surface area contributed by atoms with E-state index in [9.17, 15) is 9.59 Å². The van der Waals surface area contributed by atoms with E-state index in [1.165, 1.54) is 6.92 Å². The van der Waals surface area contributed by atoms with Crippen LogP contribution in [0.1, 0.15) is 20.8 Å². The maximum Gasteiger partial charge on any atom is 0.302 e. The largest absolute Gasteiger partial charge is 0.461 e. The second kappa shape index (κ2) is 5.53. The summed E-state index contributed by atoms with van der Waals surface area (Å²) in [7, 11) is 0. The van der Waals surface area contributed by atoms with Crippen molar-refractivity contribution in [2.24, 2.45) is 5.73 Å². The highest BCUT2D eigenvalue weighted by atomic mass is 16.5. The van der Waals surface area contributed by atoms with Crippen LogP contribution in [-0.2, 0) is 14.3 Å². The molecule has 1 amide bonds. The van der Waals surface area contributed by atoms with Crippen LogP contribution in [0.5, 0.6) is 0 Å². The monoisotopic (exact) mass is 188 g/mol. The van der Waals surface area contributed by atoms with Crippen LogP contribution in [0.25, 0.3) is 0 Å². The Morgan fingerprint density at radius 3 is 2.38 bits per heavy atom. The summed E-state index contributed by atoms with van der Waals surface area (Å²) >= 11 is 0. The van der Waals surface area contributed by atoms with E-state index in [2.05, 4.69) is 5.32 Å². The molecule has 0 saturated heterocycles. The molecule has 0 rings (SSSR count). The minimum Gasteiger partial charge on any atom is -0.461 e. The van der Waals surface area contributed by atoms with Gasteiger partial charge in [0.05, 0.1) is 0 Å². The molecule has 0 aromatic heterocycles. The van der Waals surface area contributed by atoms with E-state index >= 15 is 0 Å². The first kappa shape index (κ1) is 11.9. The number of hydrogen-bond donors (Lipinski definition) is 2. The molecular weight excluding hydrogens is 172 g/mol. The molecule has 2 atom stereocenters. The van der Waals surface area contributed by atoms with Gasteiger partial charge in [-0.15, -0.1) is 0 Å². The third-order valence-electron chi connectivity index (χ3n) is 1.55. The average Bonchev–Trinajstić information content (AvgIpc) is 1.97. The predicted octanol–water partition coefficient (Wildman–Crippen LogP) is -0.599. The Kier molecular flexibility index (Phi) is 5.06. The highest BCUT2D eigenvalue weighted by molar-refractivity contribution is 5.81. The van der Waals surface area contributed by atoms with E-state index in [-0.39, 0.29) is 0 Å². The second-order valence-electron chi connectivity index (χ2n) is 2.75. The number of nitrogens with one attached hydrogen (secondary N) is 1. The Morgan fingerprint density at radius 1 is 1.54 bits per heavy atom. The first-order valence-electron chi connectivity index (χ1n) is 4.19. The molecule has 0 radical (unpaired) electrons. The van der Waals surface area contributed by atoms with Crippen LogP contribution >= 0.6 is 0 Å². The Labute approximate surface area is 77.6 Å². The smallest absolute Gasteiger partial charge is 0.302 e. The standard InChI is InChI=1S/C8H16N2O3/c1-4-10-7(8(9)12)5(2)13-6(3)11/h5,7,10H,4H2,1-3H3,(H2,9,12)/t5-,7+/m1/s1. The summed E-state index contributed by atoms with van der Waals surface area (Å²) < 4.78 is 4.82. The lowest BCUT2D eigenvalue weighted by atomic mass is 10.1. The summed E-state index contributed by atoms with van der Waals surface area (Å²) in [5.41, 5.74) is 5.11. The topological polar surface area (TPSA) is 81.4 Å². The third-order valence-corrected chi connectivity index (χ3v) is 1.55. The van der Waals surface area contributed by atoms with E-state index in [4.69, 9.17) is 10.5 Å². The van der Waals surface area contributed by atoms with Crippen LogP contribution in [0.2, 0.25) is 0 Å². The molecule has 0 aliphatic heterocycles. The number of primary amides is 1. The lowest BCUT2D eigenvalue weighted by Crippen LogP contribution is -2.49. The molecule has 0 heterocycles. The van der Waals surface area contributed by atoms with Gasteiger partial charge in [0.2, 0.25) is 5.91 Å². The van der Waals surface area contributed by atoms with Gasteiger partial charge in [0.1, 0.15) is 12.1 Å². The van der Waals surface area contributed by atoms with Crippen molar-refractivity contribution in [1.29, 1.82) is 0 Å². The molecule has 3 N–H and O–H groups in total. The van der Waals surface area contributed by atoms with Crippen LogP contribution in [0.3, 0.4) is 0 Å². The van der Waals surface area contributed by atoms with Crippen molar-refractivity contribution in [3.63, 3.8) is 0 Å². The van der Waals surface area contributed by atoms with Gasteiger partial charge in [-0.25, -0.2) is 0 Å². The lowest BCUT2D eigenvalue weighted by Gasteiger charge is -2.21. The van der Waals surface area contributed by atoms with Crippen molar-refractivity contribution >= 4 is 11.9 Å². The maximum atomic E-state index is 10.9. The number of likely N-dealkylation sites (N-methyl/N-ethyl adjacent to an activating group) is 1. The quantitative estimate of drug-likeness (QED) is 0.564. The van der Waals surface area contributed by atoms with E-state index in [1.807, 2.05) is 6.92 Å². The molecule has 0 aromatic carbocycles. The molecule has 0 bridgehead atoms. The number of carbonyl (C=O) groups is 2. The fourth-order valence-electron chi connectivity index (χ4n) is 1.05. The van der Waals surface area contributed by atoms with Gasteiger partial charge in [0.25, 0.3) is 0 Å². The fraction of sp³-hybridized carbons (Fsp3) is 0.750. The zero-order valence-corrected chi connectivity index (χ0v) is 8.16. The zero-order chi connectivity index (χ0) is 10.4. The van der Waals surface area contributed by atoms with Crippen LogP contribution < -0.4 is 11.1 Å². The first-order valence-corrected chi connectivity index (χ1v) is 4.19. The van der Waals surface area contributed by atoms with Crippen LogP contribution in [0.4, 0.5) is 0 Å². The molecular formula is C8H16N2O3. The van der Waals surface area contributed by atoms with Gasteiger partial charge >= 0.3 is 5.97 Å². The van der Waals surface area contributed by atoms with E-state index < -0.39 is 24.0 Å². The summed E-state index contributed by atoms with van der Waals surface area (Å²) in [5.74, 6) is -0.938. The Morgan fingerprint density at radius 2 is 2.08 bits per heavy atom. The average molecular weight is 188 g/mol. The van der Waals surface area contributed by atoms with Crippen molar-refractivity contribution < 1.29 is 14.3 Å². The summed E-state index contributed by atoms with van der Waals surface area (Å²) in [5, 5.41) is 2.84.